The van der Waals surface area contributed by atoms with E-state index in [9.17, 15) is 8.42 Å². The minimum Gasteiger partial charge on any atom is -0.325 e. The highest BCUT2D eigenvalue weighted by molar-refractivity contribution is 8.16. The summed E-state index contributed by atoms with van der Waals surface area (Å²) in [4.78, 5) is 7.96. The highest BCUT2D eigenvalue weighted by Gasteiger charge is 2.12. The monoisotopic (exact) mass is 172 g/mol. The quantitative estimate of drug-likeness (QED) is 0.271. The summed E-state index contributed by atoms with van der Waals surface area (Å²) in [6, 6.07) is 0. The van der Waals surface area contributed by atoms with Gasteiger partial charge in [-0.15, -0.1) is 0 Å². The van der Waals surface area contributed by atoms with E-state index in [1.54, 1.807) is 0 Å². The van der Waals surface area contributed by atoms with Gasteiger partial charge in [0.2, 0.25) is 0 Å². The summed E-state index contributed by atoms with van der Waals surface area (Å²) in [5.41, 5.74) is 0. The van der Waals surface area contributed by atoms with Gasteiger partial charge in [0.25, 0.3) is 14.1 Å². The van der Waals surface area contributed by atoms with Crippen LogP contribution in [-0.4, -0.2) is 15.5 Å². The molecule has 0 aromatic rings. The average Bonchev–Trinajstić information content (AvgIpc) is 1.64. The molecular formula is C3H5ClO4S. The van der Waals surface area contributed by atoms with Crippen molar-refractivity contribution in [3.8, 4) is 0 Å². The molecule has 0 unspecified atom stereocenters. The van der Waals surface area contributed by atoms with E-state index in [1.165, 1.54) is 0 Å². The Kier molecular flexibility index (Phi) is 2.96. The van der Waals surface area contributed by atoms with Crippen molar-refractivity contribution in [1.82, 2.24) is 0 Å². The molecule has 0 bridgehead atoms. The molecule has 0 saturated heterocycles. The predicted octanol–water partition coefficient (Wildman–Crippen LogP) is 0.604. The Morgan fingerprint density at radius 2 is 2.11 bits per heavy atom. The summed E-state index contributed by atoms with van der Waals surface area (Å²) in [5.74, 6) is 0. The van der Waals surface area contributed by atoms with E-state index in [4.69, 9.17) is 10.7 Å². The smallest absolute Gasteiger partial charge is 0.297 e. The second kappa shape index (κ2) is 3.05. The Bertz CT molecular complexity index is 194. The molecule has 0 fully saturated rings. The van der Waals surface area contributed by atoms with Crippen LogP contribution in [0.1, 0.15) is 0 Å². The fourth-order valence-corrected chi connectivity index (χ4v) is 0.360. The molecule has 0 aromatic heterocycles. The van der Waals surface area contributed by atoms with Gasteiger partial charge < -0.3 is 4.89 Å². The standard InChI is InChI=1S/C3H5ClO4S/c1-3(8-7-2)9(4,5)6/h1H2,2H3. The molecule has 0 N–H and O–H groups in total. The van der Waals surface area contributed by atoms with Crippen LogP contribution >= 0.6 is 10.7 Å². The van der Waals surface area contributed by atoms with E-state index in [-0.39, 0.29) is 0 Å². The lowest BCUT2D eigenvalue weighted by Crippen LogP contribution is -1.97. The van der Waals surface area contributed by atoms with E-state index >= 15 is 0 Å². The van der Waals surface area contributed by atoms with Crippen molar-refractivity contribution in [2.24, 2.45) is 0 Å². The van der Waals surface area contributed by atoms with Crippen molar-refractivity contribution in [2.45, 2.75) is 0 Å². The van der Waals surface area contributed by atoms with Gasteiger partial charge in [-0.25, -0.2) is 8.42 Å². The lowest BCUT2D eigenvalue weighted by Gasteiger charge is -1.97. The Morgan fingerprint density at radius 3 is 2.22 bits per heavy atom. The van der Waals surface area contributed by atoms with Gasteiger partial charge in [-0.2, -0.15) is 4.89 Å². The van der Waals surface area contributed by atoms with Crippen molar-refractivity contribution in [1.29, 1.82) is 0 Å². The first-order valence-corrected chi connectivity index (χ1v) is 4.13. The third kappa shape index (κ3) is 3.34. The summed E-state index contributed by atoms with van der Waals surface area (Å²) in [6.45, 7) is 2.95. The molecule has 0 aromatic carbocycles. The fraction of sp³-hybridized carbons (Fsp3) is 0.333. The molecule has 0 saturated carbocycles. The summed E-state index contributed by atoms with van der Waals surface area (Å²) in [6.07, 6.45) is 0. The Hall–Kier alpha value is -0.260. The summed E-state index contributed by atoms with van der Waals surface area (Å²) < 4.78 is 20.4. The highest BCUT2D eigenvalue weighted by Crippen LogP contribution is 2.09. The minimum absolute atomic E-state index is 0.619. The maximum Gasteiger partial charge on any atom is 0.297 e. The second-order valence-corrected chi connectivity index (χ2v) is 3.61. The van der Waals surface area contributed by atoms with Crippen molar-refractivity contribution in [3.05, 3.63) is 11.7 Å². The summed E-state index contributed by atoms with van der Waals surface area (Å²) >= 11 is 0. The lowest BCUT2D eigenvalue weighted by molar-refractivity contribution is -0.227. The molecule has 0 aliphatic rings. The van der Waals surface area contributed by atoms with Crippen LogP contribution in [0.5, 0.6) is 0 Å². The molecule has 9 heavy (non-hydrogen) atoms. The van der Waals surface area contributed by atoms with Crippen LogP contribution in [0.4, 0.5) is 0 Å². The van der Waals surface area contributed by atoms with Crippen LogP contribution in [0.25, 0.3) is 0 Å². The average molecular weight is 173 g/mol. The SMILES string of the molecule is C=C(OOC)S(=O)(=O)Cl. The molecule has 6 heteroatoms. The lowest BCUT2D eigenvalue weighted by atomic mass is 11.2. The number of hydrogen-bond acceptors (Lipinski definition) is 4. The summed E-state index contributed by atoms with van der Waals surface area (Å²) in [5, 5.41) is -0.619. The van der Waals surface area contributed by atoms with Crippen LogP contribution in [0.2, 0.25) is 0 Å². The molecule has 0 atom stereocenters. The molecule has 0 heterocycles. The van der Waals surface area contributed by atoms with Gasteiger partial charge in [-0.05, 0) is 6.58 Å². The zero-order valence-electron chi connectivity index (χ0n) is 4.63. The first-order chi connectivity index (χ1) is 3.98. The van der Waals surface area contributed by atoms with Crippen LogP contribution in [0.15, 0.2) is 11.7 Å². The van der Waals surface area contributed by atoms with Crippen molar-refractivity contribution in [3.63, 3.8) is 0 Å². The van der Waals surface area contributed by atoms with Gasteiger partial charge >= 0.3 is 0 Å². The first kappa shape index (κ1) is 8.74. The predicted molar refractivity (Wildman–Crippen MR) is 32.0 cm³/mol. The fourth-order valence-electron chi connectivity index (χ4n) is 0.134. The third-order valence-corrected chi connectivity index (χ3v) is 1.58. The maximum atomic E-state index is 10.2. The van der Waals surface area contributed by atoms with Gasteiger partial charge in [0.1, 0.15) is 0 Å². The molecular weight excluding hydrogens is 168 g/mol. The number of halogens is 1. The van der Waals surface area contributed by atoms with Gasteiger partial charge in [-0.1, -0.05) is 0 Å². The van der Waals surface area contributed by atoms with Gasteiger partial charge in [0.05, 0.1) is 7.11 Å². The molecule has 0 aliphatic carbocycles. The topological polar surface area (TPSA) is 52.6 Å². The number of rotatable bonds is 3. The largest absolute Gasteiger partial charge is 0.325 e. The van der Waals surface area contributed by atoms with Crippen molar-refractivity contribution in [2.75, 3.05) is 7.11 Å². The van der Waals surface area contributed by atoms with E-state index < -0.39 is 14.1 Å². The molecule has 54 valence electrons. The van der Waals surface area contributed by atoms with Crippen molar-refractivity contribution < 1.29 is 18.2 Å². The maximum absolute atomic E-state index is 10.2. The molecule has 0 amide bonds. The minimum atomic E-state index is -3.83. The zero-order chi connectivity index (χ0) is 7.49. The van der Waals surface area contributed by atoms with Crippen LogP contribution in [0, 0.1) is 0 Å². The molecule has 0 aliphatic heterocycles. The van der Waals surface area contributed by atoms with E-state index in [1.807, 2.05) is 0 Å². The molecule has 0 radical (unpaired) electrons. The van der Waals surface area contributed by atoms with E-state index in [0.29, 0.717) is 0 Å². The van der Waals surface area contributed by atoms with Crippen LogP contribution in [-0.2, 0) is 18.8 Å². The van der Waals surface area contributed by atoms with Crippen LogP contribution in [0.3, 0.4) is 0 Å². The third-order valence-electron chi connectivity index (χ3n) is 0.448. The molecule has 0 rings (SSSR count). The first-order valence-electron chi connectivity index (χ1n) is 1.82. The van der Waals surface area contributed by atoms with Crippen molar-refractivity contribution >= 4 is 19.7 Å². The summed E-state index contributed by atoms with van der Waals surface area (Å²) in [7, 11) is 2.04. The Morgan fingerprint density at radius 1 is 1.67 bits per heavy atom. The highest BCUT2D eigenvalue weighted by atomic mass is 35.7. The number of hydrogen-bond donors (Lipinski definition) is 0. The van der Waals surface area contributed by atoms with Gasteiger partial charge in [0, 0.05) is 10.7 Å². The van der Waals surface area contributed by atoms with Gasteiger partial charge in [0.15, 0.2) is 0 Å². The second-order valence-electron chi connectivity index (χ2n) is 1.06. The van der Waals surface area contributed by atoms with Crippen LogP contribution < -0.4 is 0 Å². The molecule has 4 nitrogen and oxygen atoms in total. The van der Waals surface area contributed by atoms with E-state index in [0.717, 1.165) is 7.11 Å². The zero-order valence-corrected chi connectivity index (χ0v) is 6.20. The van der Waals surface area contributed by atoms with E-state index in [2.05, 4.69) is 16.4 Å². The Balaban J connectivity index is 4.08. The Labute approximate surface area is 57.4 Å². The normalized spacial score (nSPS) is 10.9. The molecule has 0 spiro atoms. The van der Waals surface area contributed by atoms with Gasteiger partial charge in [-0.3, -0.25) is 0 Å².